The van der Waals surface area contributed by atoms with Crippen molar-refractivity contribution in [3.63, 3.8) is 0 Å². The Morgan fingerprint density at radius 3 is 2.44 bits per heavy atom. The third kappa shape index (κ3) is 3.25. The highest BCUT2D eigenvalue weighted by molar-refractivity contribution is 8.15. The molecule has 2 N–H and O–H groups in total. The monoisotopic (exact) mass is 240 g/mol. The number of carbonyl (C=O) groups excluding carboxylic acids is 1. The lowest BCUT2D eigenvalue weighted by Crippen LogP contribution is -2.35. The van der Waals surface area contributed by atoms with E-state index in [2.05, 4.69) is 13.8 Å². The maximum absolute atomic E-state index is 12.0. The number of nitrogens with two attached hydrogens (primary N) is 1. The van der Waals surface area contributed by atoms with Crippen LogP contribution in [-0.4, -0.2) is 21.8 Å². The minimum Gasteiger partial charge on any atom is -0.267 e. The molecule has 0 saturated carbocycles. The number of hydrogen-bond donors (Lipinski definition) is 2. The van der Waals surface area contributed by atoms with Crippen LogP contribution in [0.4, 0.5) is 0 Å². The van der Waals surface area contributed by atoms with Crippen LogP contribution in [0.3, 0.4) is 0 Å². The van der Waals surface area contributed by atoms with E-state index in [-0.39, 0.29) is 5.91 Å². The Morgan fingerprint density at radius 2 is 1.94 bits per heavy atom. The van der Waals surface area contributed by atoms with Crippen molar-refractivity contribution >= 4 is 17.0 Å². The number of benzene rings is 1. The van der Waals surface area contributed by atoms with E-state index in [0.29, 0.717) is 5.56 Å². The molecule has 0 aromatic heterocycles. The smallest absolute Gasteiger partial charge is 0.267 e. The summed E-state index contributed by atoms with van der Waals surface area (Å²) in [4.78, 5) is 12.0. The van der Waals surface area contributed by atoms with Gasteiger partial charge in [-0.05, 0) is 30.1 Å². The molecule has 0 aliphatic carbocycles. The molecule has 0 radical (unpaired) electrons. The first-order chi connectivity index (χ1) is 7.70. The van der Waals surface area contributed by atoms with Gasteiger partial charge in [0.15, 0.2) is 0 Å². The standard InChI is InChI=1S/C12H20N2OS/c1-3-10-16(4-2)14(13)12(15)11-8-6-5-7-9-11/h5-9,16H,3-4,10,13H2,1-2H3. The average molecular weight is 240 g/mol. The van der Waals surface area contributed by atoms with Crippen molar-refractivity contribution < 1.29 is 4.79 Å². The Kier molecular flexibility index (Phi) is 5.35. The molecule has 1 rings (SSSR count). The van der Waals surface area contributed by atoms with E-state index in [1.807, 2.05) is 18.2 Å². The van der Waals surface area contributed by atoms with Gasteiger partial charge in [-0.3, -0.25) is 4.79 Å². The topological polar surface area (TPSA) is 46.3 Å². The fourth-order valence-electron chi connectivity index (χ4n) is 1.52. The van der Waals surface area contributed by atoms with Crippen LogP contribution in [0, 0.1) is 0 Å². The van der Waals surface area contributed by atoms with Crippen molar-refractivity contribution in [3.05, 3.63) is 35.9 Å². The van der Waals surface area contributed by atoms with Gasteiger partial charge in [0.05, 0.1) is 0 Å². The minimum atomic E-state index is -0.521. The van der Waals surface area contributed by atoms with Crippen molar-refractivity contribution in [2.24, 2.45) is 5.84 Å². The molecule has 0 saturated heterocycles. The van der Waals surface area contributed by atoms with Gasteiger partial charge in [0.1, 0.15) is 0 Å². The maximum atomic E-state index is 12.0. The van der Waals surface area contributed by atoms with Crippen molar-refractivity contribution in [1.82, 2.24) is 4.41 Å². The van der Waals surface area contributed by atoms with Gasteiger partial charge in [0, 0.05) is 5.56 Å². The third-order valence-electron chi connectivity index (χ3n) is 2.38. The molecule has 0 bridgehead atoms. The number of hydrogen-bond acceptors (Lipinski definition) is 2. The number of nitrogens with zero attached hydrogens (tertiary/aromatic N) is 1. The minimum absolute atomic E-state index is 0.0676. The van der Waals surface area contributed by atoms with Gasteiger partial charge in [0.25, 0.3) is 5.91 Å². The molecule has 90 valence electrons. The molecule has 16 heavy (non-hydrogen) atoms. The number of thiol groups is 1. The number of rotatable bonds is 5. The molecule has 0 aliphatic rings. The second kappa shape index (κ2) is 6.55. The highest BCUT2D eigenvalue weighted by atomic mass is 32.2. The number of amides is 1. The van der Waals surface area contributed by atoms with Crippen LogP contribution in [0.1, 0.15) is 30.6 Å². The SMILES string of the molecule is CCC[SH](CC)N(N)C(=O)c1ccccc1. The van der Waals surface area contributed by atoms with Gasteiger partial charge >= 0.3 is 0 Å². The Labute approximate surface area is 100 Å². The van der Waals surface area contributed by atoms with Crippen LogP contribution in [-0.2, 0) is 0 Å². The Bertz CT molecular complexity index is 329. The van der Waals surface area contributed by atoms with Crippen LogP contribution in [0.25, 0.3) is 0 Å². The Morgan fingerprint density at radius 1 is 1.31 bits per heavy atom. The van der Waals surface area contributed by atoms with Gasteiger partial charge in [-0.2, -0.15) is 11.1 Å². The Balaban J connectivity index is 2.73. The molecule has 0 spiro atoms. The lowest BCUT2D eigenvalue weighted by Gasteiger charge is -2.29. The van der Waals surface area contributed by atoms with Crippen molar-refractivity contribution in [2.45, 2.75) is 20.3 Å². The average Bonchev–Trinajstić information content (AvgIpc) is 2.35. The molecular weight excluding hydrogens is 220 g/mol. The van der Waals surface area contributed by atoms with E-state index in [9.17, 15) is 4.79 Å². The summed E-state index contributed by atoms with van der Waals surface area (Å²) in [6, 6.07) is 9.21. The molecule has 3 nitrogen and oxygen atoms in total. The first-order valence-electron chi connectivity index (χ1n) is 5.59. The van der Waals surface area contributed by atoms with Crippen LogP contribution in [0.15, 0.2) is 30.3 Å². The zero-order valence-electron chi connectivity index (χ0n) is 9.89. The van der Waals surface area contributed by atoms with Gasteiger partial charge in [-0.1, -0.05) is 32.0 Å². The summed E-state index contributed by atoms with van der Waals surface area (Å²) in [5, 5.41) is 0. The van der Waals surface area contributed by atoms with Gasteiger partial charge in [-0.25, -0.2) is 10.3 Å². The summed E-state index contributed by atoms with van der Waals surface area (Å²) in [5.41, 5.74) is 0.669. The predicted molar refractivity (Wildman–Crippen MR) is 71.5 cm³/mol. The first-order valence-corrected chi connectivity index (χ1v) is 7.26. The van der Waals surface area contributed by atoms with Crippen LogP contribution in [0.2, 0.25) is 0 Å². The highest BCUT2D eigenvalue weighted by Crippen LogP contribution is 2.28. The summed E-state index contributed by atoms with van der Waals surface area (Å²) in [6.45, 7) is 4.20. The molecule has 0 fully saturated rings. The fraction of sp³-hybridized carbons (Fsp3) is 0.417. The number of hydrazine groups is 1. The molecular formula is C12H20N2OS. The Hall–Kier alpha value is -1.00. The van der Waals surface area contributed by atoms with E-state index < -0.39 is 11.1 Å². The quantitative estimate of drug-likeness (QED) is 0.359. The van der Waals surface area contributed by atoms with E-state index in [1.165, 1.54) is 4.41 Å². The largest absolute Gasteiger partial charge is 0.276 e. The van der Waals surface area contributed by atoms with Gasteiger partial charge in [-0.15, -0.1) is 0 Å². The lowest BCUT2D eigenvalue weighted by molar-refractivity contribution is 0.0869. The summed E-state index contributed by atoms with van der Waals surface area (Å²) in [6.07, 6.45) is 1.06. The molecule has 4 heteroatoms. The van der Waals surface area contributed by atoms with Crippen LogP contribution in [0.5, 0.6) is 0 Å². The third-order valence-corrected chi connectivity index (χ3v) is 4.86. The summed E-state index contributed by atoms with van der Waals surface area (Å²) >= 11 is -0.521. The van der Waals surface area contributed by atoms with Gasteiger partial charge in [0.2, 0.25) is 0 Å². The first kappa shape index (κ1) is 13.1. The molecule has 0 aliphatic heterocycles. The number of carbonyl (C=O) groups is 1. The lowest BCUT2D eigenvalue weighted by atomic mass is 10.2. The van der Waals surface area contributed by atoms with Crippen molar-refractivity contribution in [2.75, 3.05) is 11.5 Å². The normalized spacial score (nSPS) is 13.3. The van der Waals surface area contributed by atoms with Gasteiger partial charge < -0.3 is 0 Å². The second-order valence-corrected chi connectivity index (χ2v) is 6.09. The predicted octanol–water partition coefficient (Wildman–Crippen LogP) is 2.35. The molecule has 1 amide bonds. The van der Waals surface area contributed by atoms with E-state index in [1.54, 1.807) is 12.1 Å². The molecule has 1 aromatic carbocycles. The van der Waals surface area contributed by atoms with Crippen molar-refractivity contribution in [3.8, 4) is 0 Å². The fourth-order valence-corrected chi connectivity index (χ4v) is 3.24. The van der Waals surface area contributed by atoms with E-state index in [4.69, 9.17) is 5.84 Å². The highest BCUT2D eigenvalue weighted by Gasteiger charge is 2.16. The zero-order valence-corrected chi connectivity index (χ0v) is 10.8. The second-order valence-electron chi connectivity index (χ2n) is 3.56. The van der Waals surface area contributed by atoms with Crippen LogP contribution >= 0.6 is 11.1 Å². The van der Waals surface area contributed by atoms with Crippen LogP contribution < -0.4 is 5.84 Å². The zero-order chi connectivity index (χ0) is 12.0. The maximum Gasteiger partial charge on any atom is 0.276 e. The molecule has 1 atom stereocenters. The molecule has 0 heterocycles. The summed E-state index contributed by atoms with van der Waals surface area (Å²) in [5.74, 6) is 7.81. The van der Waals surface area contributed by atoms with E-state index in [0.717, 1.165) is 17.9 Å². The summed E-state index contributed by atoms with van der Waals surface area (Å²) in [7, 11) is 0. The molecule has 1 aromatic rings. The van der Waals surface area contributed by atoms with Crippen molar-refractivity contribution in [1.29, 1.82) is 0 Å². The summed E-state index contributed by atoms with van der Waals surface area (Å²) < 4.78 is 1.44. The van der Waals surface area contributed by atoms with E-state index >= 15 is 0 Å². The molecule has 1 unspecified atom stereocenters.